The molecule has 1 unspecified atom stereocenters. The minimum atomic E-state index is -0.209. The molecule has 2 amide bonds. The molecule has 0 aliphatic carbocycles. The Bertz CT molecular complexity index is 553. The lowest BCUT2D eigenvalue weighted by Gasteiger charge is -2.32. The van der Waals surface area contributed by atoms with Crippen molar-refractivity contribution < 1.29 is 19.1 Å². The summed E-state index contributed by atoms with van der Waals surface area (Å²) < 4.78 is 10.4. The Labute approximate surface area is 140 Å². The van der Waals surface area contributed by atoms with Crippen LogP contribution in [0.5, 0.6) is 0 Å². The molecule has 0 aromatic heterocycles. The summed E-state index contributed by atoms with van der Waals surface area (Å²) >= 11 is 6.04. The van der Waals surface area contributed by atoms with E-state index in [2.05, 4.69) is 5.32 Å². The van der Waals surface area contributed by atoms with Gasteiger partial charge in [-0.05, 0) is 11.6 Å². The lowest BCUT2D eigenvalue weighted by molar-refractivity contribution is -0.149. The van der Waals surface area contributed by atoms with Gasteiger partial charge in [-0.2, -0.15) is 0 Å². The van der Waals surface area contributed by atoms with Gasteiger partial charge in [0.1, 0.15) is 6.61 Å². The van der Waals surface area contributed by atoms with E-state index < -0.39 is 0 Å². The van der Waals surface area contributed by atoms with E-state index in [1.807, 2.05) is 18.2 Å². The van der Waals surface area contributed by atoms with E-state index in [1.54, 1.807) is 18.1 Å². The highest BCUT2D eigenvalue weighted by Gasteiger charge is 2.26. The molecular weight excluding hydrogens is 320 g/mol. The van der Waals surface area contributed by atoms with Crippen molar-refractivity contribution in [2.45, 2.75) is 12.5 Å². The summed E-state index contributed by atoms with van der Waals surface area (Å²) in [6.45, 7) is 1.86. The van der Waals surface area contributed by atoms with E-state index in [9.17, 15) is 9.59 Å². The predicted molar refractivity (Wildman–Crippen MR) is 86.4 cm³/mol. The molecule has 23 heavy (non-hydrogen) atoms. The standard InChI is InChI=1S/C16H21ClN2O4/c1-22-7-6-19-10-13(23-11-16(19)21)9-18-15(20)8-12-4-2-3-5-14(12)17/h2-5,13H,6-11H2,1H3,(H,18,20). The zero-order valence-corrected chi connectivity index (χ0v) is 13.8. The second kappa shape index (κ2) is 8.86. The van der Waals surface area contributed by atoms with Crippen molar-refractivity contribution in [1.29, 1.82) is 0 Å². The van der Waals surface area contributed by atoms with Crippen LogP contribution in [0.4, 0.5) is 0 Å². The molecular formula is C16H21ClN2O4. The quantitative estimate of drug-likeness (QED) is 0.800. The summed E-state index contributed by atoms with van der Waals surface area (Å²) in [4.78, 5) is 25.4. The van der Waals surface area contributed by atoms with E-state index in [4.69, 9.17) is 21.1 Å². The van der Waals surface area contributed by atoms with E-state index >= 15 is 0 Å². The van der Waals surface area contributed by atoms with E-state index in [-0.39, 0.29) is 30.9 Å². The average Bonchev–Trinajstić information content (AvgIpc) is 2.55. The van der Waals surface area contributed by atoms with Crippen LogP contribution in [0.2, 0.25) is 5.02 Å². The molecule has 6 nitrogen and oxygen atoms in total. The second-order valence-electron chi connectivity index (χ2n) is 5.34. The molecule has 0 radical (unpaired) electrons. The van der Waals surface area contributed by atoms with Crippen LogP contribution >= 0.6 is 11.6 Å². The van der Waals surface area contributed by atoms with Crippen LogP contribution in [-0.4, -0.2) is 62.8 Å². The molecule has 1 aliphatic heterocycles. The van der Waals surface area contributed by atoms with Crippen molar-refractivity contribution in [3.05, 3.63) is 34.9 Å². The molecule has 1 aliphatic rings. The van der Waals surface area contributed by atoms with Crippen LogP contribution in [-0.2, 0) is 25.5 Å². The zero-order valence-electron chi connectivity index (χ0n) is 13.1. The first-order chi connectivity index (χ1) is 11.1. The number of amides is 2. The minimum Gasteiger partial charge on any atom is -0.383 e. The van der Waals surface area contributed by atoms with Crippen LogP contribution < -0.4 is 5.32 Å². The first-order valence-corrected chi connectivity index (χ1v) is 7.86. The van der Waals surface area contributed by atoms with Crippen molar-refractivity contribution in [3.8, 4) is 0 Å². The average molecular weight is 341 g/mol. The first-order valence-electron chi connectivity index (χ1n) is 7.48. The molecule has 2 rings (SSSR count). The number of morpholine rings is 1. The Balaban J connectivity index is 1.77. The van der Waals surface area contributed by atoms with Crippen LogP contribution in [0, 0.1) is 0 Å². The molecule has 1 aromatic carbocycles. The largest absolute Gasteiger partial charge is 0.383 e. The number of rotatable bonds is 7. The molecule has 1 fully saturated rings. The van der Waals surface area contributed by atoms with Gasteiger partial charge < -0.3 is 19.7 Å². The number of carbonyl (C=O) groups is 2. The number of hydrogen-bond donors (Lipinski definition) is 1. The topological polar surface area (TPSA) is 67.9 Å². The number of halogens is 1. The molecule has 1 N–H and O–H groups in total. The van der Waals surface area contributed by atoms with Crippen LogP contribution in [0.1, 0.15) is 5.56 Å². The van der Waals surface area contributed by atoms with E-state index in [0.29, 0.717) is 31.3 Å². The summed E-state index contributed by atoms with van der Waals surface area (Å²) in [5, 5.41) is 3.40. The first kappa shape index (κ1) is 17.7. The van der Waals surface area contributed by atoms with Gasteiger partial charge in [-0.1, -0.05) is 29.8 Å². The van der Waals surface area contributed by atoms with Gasteiger partial charge in [-0.25, -0.2) is 0 Å². The number of nitrogens with zero attached hydrogens (tertiary/aromatic N) is 1. The highest BCUT2D eigenvalue weighted by molar-refractivity contribution is 6.31. The fourth-order valence-electron chi connectivity index (χ4n) is 2.33. The van der Waals surface area contributed by atoms with Gasteiger partial charge in [0.2, 0.25) is 11.8 Å². The molecule has 0 bridgehead atoms. The van der Waals surface area contributed by atoms with Gasteiger partial charge in [0.05, 0.1) is 19.1 Å². The molecule has 0 saturated carbocycles. The number of carbonyl (C=O) groups excluding carboxylic acids is 2. The third kappa shape index (κ3) is 5.49. The summed E-state index contributed by atoms with van der Waals surface area (Å²) in [6.07, 6.45) is 0.0124. The molecule has 1 atom stereocenters. The van der Waals surface area contributed by atoms with Crippen LogP contribution in [0.25, 0.3) is 0 Å². The molecule has 7 heteroatoms. The Kier molecular flexibility index (Phi) is 6.83. The summed E-state index contributed by atoms with van der Waals surface area (Å²) in [5.41, 5.74) is 0.785. The smallest absolute Gasteiger partial charge is 0.248 e. The maximum absolute atomic E-state index is 12.0. The van der Waals surface area contributed by atoms with Gasteiger partial charge in [-0.3, -0.25) is 9.59 Å². The molecule has 1 aromatic rings. The monoisotopic (exact) mass is 340 g/mol. The highest BCUT2D eigenvalue weighted by atomic mass is 35.5. The summed E-state index contributed by atoms with van der Waals surface area (Å²) in [5.74, 6) is -0.178. The maximum atomic E-state index is 12.0. The normalized spacial score (nSPS) is 18.1. The summed E-state index contributed by atoms with van der Waals surface area (Å²) in [7, 11) is 1.59. The van der Waals surface area contributed by atoms with Gasteiger partial charge >= 0.3 is 0 Å². The van der Waals surface area contributed by atoms with E-state index in [0.717, 1.165) is 5.56 Å². The minimum absolute atomic E-state index is 0.0365. The Morgan fingerprint density at radius 1 is 1.48 bits per heavy atom. The fourth-order valence-corrected chi connectivity index (χ4v) is 2.53. The van der Waals surface area contributed by atoms with Gasteiger partial charge in [0.15, 0.2) is 0 Å². The van der Waals surface area contributed by atoms with Crippen molar-refractivity contribution in [1.82, 2.24) is 10.2 Å². The predicted octanol–water partition coefficient (Wildman–Crippen LogP) is 0.873. The zero-order chi connectivity index (χ0) is 16.7. The van der Waals surface area contributed by atoms with Gasteiger partial charge in [-0.15, -0.1) is 0 Å². The lowest BCUT2D eigenvalue weighted by Crippen LogP contribution is -2.51. The Morgan fingerprint density at radius 2 is 2.26 bits per heavy atom. The molecule has 126 valence electrons. The molecule has 1 saturated heterocycles. The third-order valence-electron chi connectivity index (χ3n) is 3.62. The van der Waals surface area contributed by atoms with Crippen LogP contribution in [0.15, 0.2) is 24.3 Å². The Hall–Kier alpha value is -1.63. The second-order valence-corrected chi connectivity index (χ2v) is 5.75. The third-order valence-corrected chi connectivity index (χ3v) is 3.99. The van der Waals surface area contributed by atoms with Crippen molar-refractivity contribution >= 4 is 23.4 Å². The molecule has 0 spiro atoms. The molecule has 1 heterocycles. The SMILES string of the molecule is COCCN1CC(CNC(=O)Cc2ccccc2Cl)OCC1=O. The maximum Gasteiger partial charge on any atom is 0.248 e. The fraction of sp³-hybridized carbons (Fsp3) is 0.500. The highest BCUT2D eigenvalue weighted by Crippen LogP contribution is 2.15. The number of nitrogens with one attached hydrogen (secondary N) is 1. The van der Waals surface area contributed by atoms with Crippen molar-refractivity contribution in [3.63, 3.8) is 0 Å². The van der Waals surface area contributed by atoms with Crippen molar-refractivity contribution in [2.75, 3.05) is 40.0 Å². The number of methoxy groups -OCH3 is 1. The van der Waals surface area contributed by atoms with Crippen molar-refractivity contribution in [2.24, 2.45) is 0 Å². The number of benzene rings is 1. The lowest BCUT2D eigenvalue weighted by atomic mass is 10.1. The van der Waals surface area contributed by atoms with E-state index in [1.165, 1.54) is 0 Å². The Morgan fingerprint density at radius 3 is 3.00 bits per heavy atom. The van der Waals surface area contributed by atoms with Crippen LogP contribution in [0.3, 0.4) is 0 Å². The summed E-state index contributed by atoms with van der Waals surface area (Å²) in [6, 6.07) is 7.25. The van der Waals surface area contributed by atoms with Gasteiger partial charge in [0.25, 0.3) is 0 Å². The van der Waals surface area contributed by atoms with Gasteiger partial charge in [0, 0.05) is 31.8 Å². The number of ether oxygens (including phenoxy) is 2. The number of hydrogen-bond acceptors (Lipinski definition) is 4.